The summed E-state index contributed by atoms with van der Waals surface area (Å²) in [5.74, 6) is -0.785. The third-order valence-corrected chi connectivity index (χ3v) is 4.62. The fourth-order valence-electron chi connectivity index (χ4n) is 3.15. The van der Waals surface area contributed by atoms with Gasteiger partial charge in [-0.2, -0.15) is 0 Å². The third kappa shape index (κ3) is 4.09. The van der Waals surface area contributed by atoms with Gasteiger partial charge in [-0.25, -0.2) is 0 Å². The molecule has 0 radical (unpaired) electrons. The first-order valence-electron chi connectivity index (χ1n) is 9.29. The minimum atomic E-state index is -0.719. The molecule has 2 aliphatic heterocycles. The predicted molar refractivity (Wildman–Crippen MR) is 105 cm³/mol. The van der Waals surface area contributed by atoms with Gasteiger partial charge in [0.1, 0.15) is 18.0 Å². The van der Waals surface area contributed by atoms with E-state index in [1.165, 1.54) is 17.0 Å². The van der Waals surface area contributed by atoms with Gasteiger partial charge in [-0.05, 0) is 30.3 Å². The van der Waals surface area contributed by atoms with E-state index >= 15 is 0 Å². The minimum Gasteiger partial charge on any atom is -0.491 e. The molecule has 4 rings (SSSR count). The van der Waals surface area contributed by atoms with Crippen LogP contribution < -0.4 is 19.7 Å². The van der Waals surface area contributed by atoms with E-state index in [2.05, 4.69) is 5.32 Å². The van der Waals surface area contributed by atoms with Gasteiger partial charge in [-0.15, -0.1) is 0 Å². The first-order chi connectivity index (χ1) is 14.5. The Morgan fingerprint density at radius 2 is 1.90 bits per heavy atom. The van der Waals surface area contributed by atoms with Crippen molar-refractivity contribution >= 4 is 34.9 Å². The van der Waals surface area contributed by atoms with Crippen molar-refractivity contribution in [3.8, 4) is 11.5 Å². The maximum Gasteiger partial charge on any atom is 0.326 e. The average Bonchev–Trinajstić information content (AvgIpc) is 2.90. The predicted octanol–water partition coefficient (Wildman–Crippen LogP) is 1.56. The maximum atomic E-state index is 12.4. The number of hydrogen-bond donors (Lipinski definition) is 1. The summed E-state index contributed by atoms with van der Waals surface area (Å²) in [6.45, 7) is -0.688. The van der Waals surface area contributed by atoms with Crippen molar-refractivity contribution < 1.29 is 33.4 Å². The van der Waals surface area contributed by atoms with Gasteiger partial charge in [-0.3, -0.25) is 24.1 Å². The molecule has 2 heterocycles. The van der Waals surface area contributed by atoms with Crippen LogP contribution in [0.4, 0.5) is 11.4 Å². The molecule has 0 spiro atoms. The van der Waals surface area contributed by atoms with Crippen LogP contribution in [0, 0.1) is 0 Å². The lowest BCUT2D eigenvalue weighted by Gasteiger charge is -2.21. The summed E-state index contributed by atoms with van der Waals surface area (Å²) < 4.78 is 15.9. The second-order valence-corrected chi connectivity index (χ2v) is 6.68. The summed E-state index contributed by atoms with van der Waals surface area (Å²) >= 11 is 0. The SMILES string of the molecule is O=C1COc2ccc(C(=O)COC(=O)CN3C(=O)CCOc4ccccc43)cc2N1. The Labute approximate surface area is 171 Å². The van der Waals surface area contributed by atoms with Gasteiger partial charge in [0.25, 0.3) is 5.91 Å². The number of fused-ring (bicyclic) bond motifs is 2. The van der Waals surface area contributed by atoms with E-state index in [0.29, 0.717) is 22.9 Å². The molecule has 0 saturated heterocycles. The molecule has 0 saturated carbocycles. The van der Waals surface area contributed by atoms with E-state index in [9.17, 15) is 19.2 Å². The van der Waals surface area contributed by atoms with Gasteiger partial charge < -0.3 is 19.5 Å². The number of nitrogens with zero attached hydrogens (tertiary/aromatic N) is 1. The van der Waals surface area contributed by atoms with Crippen molar-refractivity contribution in [1.29, 1.82) is 0 Å². The highest BCUT2D eigenvalue weighted by atomic mass is 16.5. The van der Waals surface area contributed by atoms with E-state index < -0.39 is 18.4 Å². The van der Waals surface area contributed by atoms with Crippen LogP contribution in [0.15, 0.2) is 42.5 Å². The molecule has 0 aromatic heterocycles. The topological polar surface area (TPSA) is 111 Å². The molecule has 1 N–H and O–H groups in total. The molecule has 0 unspecified atom stereocenters. The zero-order chi connectivity index (χ0) is 21.1. The van der Waals surface area contributed by atoms with Crippen molar-refractivity contribution in [1.82, 2.24) is 0 Å². The van der Waals surface area contributed by atoms with Crippen molar-refractivity contribution in [2.75, 3.05) is 36.6 Å². The van der Waals surface area contributed by atoms with Gasteiger partial charge in [0.05, 0.1) is 24.4 Å². The van der Waals surface area contributed by atoms with Gasteiger partial charge in [0.2, 0.25) is 5.91 Å². The molecular weight excluding hydrogens is 392 g/mol. The molecular formula is C21H18N2O7. The van der Waals surface area contributed by atoms with Crippen LogP contribution in [0.5, 0.6) is 11.5 Å². The van der Waals surface area contributed by atoms with Crippen molar-refractivity contribution in [2.24, 2.45) is 0 Å². The lowest BCUT2D eigenvalue weighted by molar-refractivity contribution is -0.141. The summed E-state index contributed by atoms with van der Waals surface area (Å²) in [7, 11) is 0. The number of hydrogen-bond acceptors (Lipinski definition) is 7. The van der Waals surface area contributed by atoms with Crippen LogP contribution in [-0.4, -0.2) is 49.9 Å². The largest absolute Gasteiger partial charge is 0.491 e. The number of benzene rings is 2. The molecule has 30 heavy (non-hydrogen) atoms. The quantitative estimate of drug-likeness (QED) is 0.588. The summed E-state index contributed by atoms with van der Waals surface area (Å²) in [5.41, 5.74) is 1.13. The van der Waals surface area contributed by atoms with E-state index in [1.807, 2.05) is 0 Å². The van der Waals surface area contributed by atoms with Gasteiger partial charge in [-0.1, -0.05) is 12.1 Å². The number of carbonyl (C=O) groups is 4. The van der Waals surface area contributed by atoms with E-state index in [0.717, 1.165) is 0 Å². The monoisotopic (exact) mass is 410 g/mol. The van der Waals surface area contributed by atoms with Crippen LogP contribution in [0.1, 0.15) is 16.8 Å². The summed E-state index contributed by atoms with van der Waals surface area (Å²) in [4.78, 5) is 49.8. The van der Waals surface area contributed by atoms with Gasteiger partial charge in [0.15, 0.2) is 19.0 Å². The Morgan fingerprint density at radius 3 is 2.77 bits per heavy atom. The number of para-hydroxylation sites is 2. The highest BCUT2D eigenvalue weighted by Gasteiger charge is 2.26. The second-order valence-electron chi connectivity index (χ2n) is 6.68. The summed E-state index contributed by atoms with van der Waals surface area (Å²) in [6.07, 6.45) is 0.129. The molecule has 0 atom stereocenters. The normalized spacial score (nSPS) is 15.0. The van der Waals surface area contributed by atoms with Crippen LogP contribution in [0.2, 0.25) is 0 Å². The molecule has 0 aliphatic carbocycles. The number of Topliss-reactive ketones (excluding diaryl/α,β-unsaturated/α-hetero) is 1. The molecule has 2 aromatic carbocycles. The number of ether oxygens (including phenoxy) is 3. The Kier molecular flexibility index (Phi) is 5.34. The number of nitrogens with one attached hydrogen (secondary N) is 1. The first-order valence-corrected chi connectivity index (χ1v) is 9.29. The molecule has 0 fully saturated rings. The second kappa shape index (κ2) is 8.24. The highest BCUT2D eigenvalue weighted by Crippen LogP contribution is 2.31. The van der Waals surface area contributed by atoms with Crippen LogP contribution in [0.3, 0.4) is 0 Å². The van der Waals surface area contributed by atoms with E-state index in [4.69, 9.17) is 14.2 Å². The van der Waals surface area contributed by atoms with Crippen molar-refractivity contribution in [3.63, 3.8) is 0 Å². The number of ketones is 1. The number of amides is 2. The molecule has 9 nitrogen and oxygen atoms in total. The Balaban J connectivity index is 1.39. The molecule has 9 heteroatoms. The lowest BCUT2D eigenvalue weighted by Crippen LogP contribution is -2.36. The maximum absolute atomic E-state index is 12.4. The third-order valence-electron chi connectivity index (χ3n) is 4.62. The zero-order valence-corrected chi connectivity index (χ0v) is 15.9. The lowest BCUT2D eigenvalue weighted by atomic mass is 10.1. The molecule has 2 aliphatic rings. The van der Waals surface area contributed by atoms with Crippen LogP contribution in [0.25, 0.3) is 0 Å². The molecule has 0 bridgehead atoms. The minimum absolute atomic E-state index is 0.0820. The fourth-order valence-corrected chi connectivity index (χ4v) is 3.15. The number of rotatable bonds is 5. The highest BCUT2D eigenvalue weighted by molar-refractivity contribution is 6.03. The number of carbonyl (C=O) groups excluding carboxylic acids is 4. The van der Waals surface area contributed by atoms with E-state index in [-0.39, 0.29) is 43.6 Å². The van der Waals surface area contributed by atoms with Crippen LogP contribution in [-0.2, 0) is 19.1 Å². The van der Waals surface area contributed by atoms with Crippen LogP contribution >= 0.6 is 0 Å². The Morgan fingerprint density at radius 1 is 1.07 bits per heavy atom. The Hall–Kier alpha value is -3.88. The van der Waals surface area contributed by atoms with Crippen molar-refractivity contribution in [3.05, 3.63) is 48.0 Å². The fraction of sp³-hybridized carbons (Fsp3) is 0.238. The van der Waals surface area contributed by atoms with Gasteiger partial charge >= 0.3 is 5.97 Å². The smallest absolute Gasteiger partial charge is 0.326 e. The molecule has 2 aromatic rings. The first kappa shape index (κ1) is 19.4. The van der Waals surface area contributed by atoms with Crippen molar-refractivity contribution in [2.45, 2.75) is 6.42 Å². The van der Waals surface area contributed by atoms with Gasteiger partial charge in [0, 0.05) is 5.56 Å². The average molecular weight is 410 g/mol. The molecule has 2 amide bonds. The van der Waals surface area contributed by atoms with E-state index in [1.54, 1.807) is 30.3 Å². The summed E-state index contributed by atoms with van der Waals surface area (Å²) in [6, 6.07) is 11.5. The number of anilines is 2. The zero-order valence-electron chi connectivity index (χ0n) is 15.9. The number of esters is 1. The summed E-state index contributed by atoms with van der Waals surface area (Å²) in [5, 5.41) is 2.61. The molecule has 154 valence electrons. The standard InChI is InChI=1S/C21H18N2O7/c24-16(13-5-6-17-14(9-13)22-19(25)12-29-17)11-30-21(27)10-23-15-3-1-2-4-18(15)28-8-7-20(23)26/h1-6,9H,7-8,10-12H2,(H,22,25). The Bertz CT molecular complexity index is 1030.